The van der Waals surface area contributed by atoms with Crippen molar-refractivity contribution in [2.45, 2.75) is 11.4 Å². The van der Waals surface area contributed by atoms with Gasteiger partial charge in [0.15, 0.2) is 0 Å². The molecule has 0 bridgehead atoms. The maximum atomic E-state index is 12.5. The lowest BCUT2D eigenvalue weighted by Crippen LogP contribution is -2.28. The van der Waals surface area contributed by atoms with Gasteiger partial charge in [-0.25, -0.2) is 13.1 Å². The molecule has 11 heteroatoms. The van der Waals surface area contributed by atoms with Crippen LogP contribution in [0.15, 0.2) is 47.4 Å². The van der Waals surface area contributed by atoms with Gasteiger partial charge < -0.3 is 9.64 Å². The molecule has 0 aliphatic heterocycles. The van der Waals surface area contributed by atoms with E-state index in [0.717, 1.165) is 11.0 Å². The predicted octanol–water partition coefficient (Wildman–Crippen LogP) is 2.28. The van der Waals surface area contributed by atoms with Crippen molar-refractivity contribution in [2.24, 2.45) is 0 Å². The zero-order valence-electron chi connectivity index (χ0n) is 15.1. The van der Waals surface area contributed by atoms with Gasteiger partial charge >= 0.3 is 0 Å². The second-order valence-electron chi connectivity index (χ2n) is 5.67. The molecular weight excluding hydrogens is 410 g/mol. The Bertz CT molecular complexity index is 979. The number of nitro groups is 1. The molecular formula is C17H18ClN3O6S. The van der Waals surface area contributed by atoms with Crippen LogP contribution in [-0.4, -0.2) is 39.3 Å². The fraction of sp³-hybridized carbons (Fsp3) is 0.235. The molecule has 2 aromatic rings. The highest BCUT2D eigenvalue weighted by Gasteiger charge is 2.25. The van der Waals surface area contributed by atoms with Gasteiger partial charge in [-0.2, -0.15) is 0 Å². The number of hydrogen-bond donors (Lipinski definition) is 1. The molecule has 0 atom stereocenters. The molecule has 9 nitrogen and oxygen atoms in total. The number of ether oxygens (including phenoxy) is 1. The predicted molar refractivity (Wildman–Crippen MR) is 104 cm³/mol. The van der Waals surface area contributed by atoms with Crippen LogP contribution in [0.4, 0.5) is 11.4 Å². The first kappa shape index (κ1) is 21.6. The Morgan fingerprint density at radius 2 is 1.89 bits per heavy atom. The van der Waals surface area contributed by atoms with Gasteiger partial charge in [0.05, 0.1) is 16.9 Å². The van der Waals surface area contributed by atoms with Crippen LogP contribution in [-0.2, 0) is 21.4 Å². The highest BCUT2D eigenvalue weighted by Crippen LogP contribution is 2.30. The third kappa shape index (κ3) is 4.97. The maximum Gasteiger partial charge on any atom is 0.294 e. The topological polar surface area (TPSA) is 119 Å². The Kier molecular flexibility index (Phi) is 6.95. The zero-order valence-corrected chi connectivity index (χ0v) is 16.7. The SMILES string of the molecule is COc1ccc(CNS(=O)(=O)c2ccc(N(C)C(=O)CCl)c([N+](=O)[O-])c2)cc1. The number of sulfonamides is 1. The number of amides is 1. The molecule has 0 saturated carbocycles. The number of nitrogens with one attached hydrogen (secondary N) is 1. The van der Waals surface area contributed by atoms with Crippen molar-refractivity contribution < 1.29 is 22.9 Å². The Hall–Kier alpha value is -2.69. The largest absolute Gasteiger partial charge is 0.497 e. The molecule has 0 saturated heterocycles. The number of carbonyl (C=O) groups is 1. The number of alkyl halides is 1. The first-order valence-corrected chi connectivity index (χ1v) is 9.95. The summed E-state index contributed by atoms with van der Waals surface area (Å²) in [6.45, 7) is -0.00743. The van der Waals surface area contributed by atoms with Crippen LogP contribution in [0.5, 0.6) is 5.75 Å². The van der Waals surface area contributed by atoms with E-state index >= 15 is 0 Å². The van der Waals surface area contributed by atoms with Crippen molar-refractivity contribution in [3.05, 3.63) is 58.1 Å². The number of halogens is 1. The molecule has 0 spiro atoms. The summed E-state index contributed by atoms with van der Waals surface area (Å²) in [5, 5.41) is 11.4. The third-order valence-electron chi connectivity index (χ3n) is 3.93. The molecule has 0 unspecified atom stereocenters. The van der Waals surface area contributed by atoms with Gasteiger partial charge in [-0.15, -0.1) is 11.6 Å². The van der Waals surface area contributed by atoms with Crippen molar-refractivity contribution in [3.8, 4) is 5.75 Å². The van der Waals surface area contributed by atoms with Crippen LogP contribution in [0, 0.1) is 10.1 Å². The summed E-state index contributed by atoms with van der Waals surface area (Å²) in [6, 6.07) is 10.1. The molecule has 1 amide bonds. The Labute approximate surface area is 167 Å². The fourth-order valence-corrected chi connectivity index (χ4v) is 3.55. The van der Waals surface area contributed by atoms with Crippen molar-refractivity contribution >= 4 is 38.9 Å². The molecule has 2 aromatic carbocycles. The summed E-state index contributed by atoms with van der Waals surface area (Å²) >= 11 is 5.48. The van der Waals surface area contributed by atoms with E-state index in [4.69, 9.17) is 16.3 Å². The van der Waals surface area contributed by atoms with Gasteiger partial charge in [-0.05, 0) is 29.8 Å². The Morgan fingerprint density at radius 1 is 1.25 bits per heavy atom. The van der Waals surface area contributed by atoms with Crippen LogP contribution in [0.2, 0.25) is 0 Å². The minimum absolute atomic E-state index is 0.00743. The van der Waals surface area contributed by atoms with Crippen LogP contribution in [0.25, 0.3) is 0 Å². The quantitative estimate of drug-likeness (QED) is 0.392. The molecule has 1 N–H and O–H groups in total. The van der Waals surface area contributed by atoms with Gasteiger partial charge in [-0.3, -0.25) is 14.9 Å². The van der Waals surface area contributed by atoms with E-state index in [-0.39, 0.29) is 23.0 Å². The van der Waals surface area contributed by atoms with Gasteiger partial charge in [0.1, 0.15) is 17.3 Å². The summed E-state index contributed by atoms with van der Waals surface area (Å²) in [7, 11) is -1.17. The Morgan fingerprint density at radius 3 is 2.43 bits per heavy atom. The lowest BCUT2D eigenvalue weighted by atomic mass is 10.2. The third-order valence-corrected chi connectivity index (χ3v) is 5.56. The summed E-state index contributed by atoms with van der Waals surface area (Å²) in [6.07, 6.45) is 0. The van der Waals surface area contributed by atoms with Crippen LogP contribution >= 0.6 is 11.6 Å². The summed E-state index contributed by atoms with van der Waals surface area (Å²) in [5.41, 5.74) is 0.112. The van der Waals surface area contributed by atoms with E-state index in [1.807, 2.05) is 0 Å². The van der Waals surface area contributed by atoms with Gasteiger partial charge in [-0.1, -0.05) is 12.1 Å². The number of nitrogens with zero attached hydrogens (tertiary/aromatic N) is 2. The highest BCUT2D eigenvalue weighted by atomic mass is 35.5. The molecule has 0 aliphatic rings. The minimum atomic E-state index is -4.01. The number of anilines is 1. The van der Waals surface area contributed by atoms with E-state index in [1.54, 1.807) is 24.3 Å². The molecule has 150 valence electrons. The zero-order chi connectivity index (χ0) is 20.9. The summed E-state index contributed by atoms with van der Waals surface area (Å²) in [5.74, 6) is -0.289. The van der Waals surface area contributed by atoms with E-state index in [0.29, 0.717) is 11.3 Å². The average molecular weight is 428 g/mol. The second kappa shape index (κ2) is 9.00. The molecule has 28 heavy (non-hydrogen) atoms. The molecule has 2 rings (SSSR count). The van der Waals surface area contributed by atoms with E-state index in [1.165, 1.54) is 26.3 Å². The molecule has 0 radical (unpaired) electrons. The summed E-state index contributed by atoms with van der Waals surface area (Å²) < 4.78 is 32.5. The monoisotopic (exact) mass is 427 g/mol. The van der Waals surface area contributed by atoms with Crippen LogP contribution in [0.1, 0.15) is 5.56 Å². The number of carbonyl (C=O) groups excluding carboxylic acids is 1. The van der Waals surface area contributed by atoms with E-state index in [9.17, 15) is 23.3 Å². The fourth-order valence-electron chi connectivity index (χ4n) is 2.33. The molecule has 0 aliphatic carbocycles. The van der Waals surface area contributed by atoms with Crippen LogP contribution < -0.4 is 14.4 Å². The van der Waals surface area contributed by atoms with Crippen molar-refractivity contribution in [3.63, 3.8) is 0 Å². The normalized spacial score (nSPS) is 11.1. The average Bonchev–Trinajstić information content (AvgIpc) is 2.71. The van der Waals surface area contributed by atoms with Gasteiger partial charge in [0, 0.05) is 19.7 Å². The molecule has 0 heterocycles. The number of methoxy groups -OCH3 is 1. The van der Waals surface area contributed by atoms with Gasteiger partial charge in [0.25, 0.3) is 5.69 Å². The van der Waals surface area contributed by atoms with E-state index < -0.39 is 26.5 Å². The number of hydrogen-bond acceptors (Lipinski definition) is 6. The van der Waals surface area contributed by atoms with Crippen molar-refractivity contribution in [1.29, 1.82) is 0 Å². The number of rotatable bonds is 8. The smallest absolute Gasteiger partial charge is 0.294 e. The van der Waals surface area contributed by atoms with Gasteiger partial charge in [0.2, 0.25) is 15.9 Å². The summed E-state index contributed by atoms with van der Waals surface area (Å²) in [4.78, 5) is 23.0. The standard InChI is InChI=1S/C17H18ClN3O6S/c1-20(17(22)10-18)15-8-7-14(9-16(15)21(23)24)28(25,26)19-11-12-3-5-13(27-2)6-4-12/h3-9,19H,10-11H2,1-2H3. The Balaban J connectivity index is 2.28. The number of benzene rings is 2. The van der Waals surface area contributed by atoms with Crippen molar-refractivity contribution in [1.82, 2.24) is 4.72 Å². The number of nitro benzene ring substituents is 1. The molecule has 0 aromatic heterocycles. The van der Waals surface area contributed by atoms with E-state index in [2.05, 4.69) is 4.72 Å². The molecule has 0 fully saturated rings. The lowest BCUT2D eigenvalue weighted by Gasteiger charge is -2.16. The lowest BCUT2D eigenvalue weighted by molar-refractivity contribution is -0.384. The maximum absolute atomic E-state index is 12.5. The highest BCUT2D eigenvalue weighted by molar-refractivity contribution is 7.89. The minimum Gasteiger partial charge on any atom is -0.497 e. The second-order valence-corrected chi connectivity index (χ2v) is 7.70. The van der Waals surface area contributed by atoms with Crippen molar-refractivity contribution in [2.75, 3.05) is 24.9 Å². The van der Waals surface area contributed by atoms with Crippen LogP contribution in [0.3, 0.4) is 0 Å². The first-order chi connectivity index (χ1) is 13.2. The first-order valence-electron chi connectivity index (χ1n) is 7.93.